The minimum atomic E-state index is -2.93. The van der Waals surface area contributed by atoms with E-state index in [4.69, 9.17) is 4.74 Å². The number of Topliss-reactive ketones (excluding diaryl/α,β-unsaturated/α-hetero) is 1. The molecule has 0 radical (unpaired) electrons. The molecule has 2 unspecified atom stereocenters. The Balaban J connectivity index is 1.42. The molecular weight excluding hydrogens is 370 g/mol. The van der Waals surface area contributed by atoms with Crippen LogP contribution in [0.25, 0.3) is 0 Å². The number of ether oxygens (including phenoxy) is 2. The van der Waals surface area contributed by atoms with E-state index in [0.29, 0.717) is 31.1 Å². The minimum Gasteiger partial charge on any atom is -0.454 e. The second-order valence-corrected chi connectivity index (χ2v) is 8.78. The molecule has 1 N–H and O–H groups in total. The summed E-state index contributed by atoms with van der Waals surface area (Å²) in [6, 6.07) is 5.31. The highest BCUT2D eigenvalue weighted by Crippen LogP contribution is 2.62. The lowest BCUT2D eigenvalue weighted by atomic mass is 9.48. The average Bonchev–Trinajstić information content (AvgIpc) is 2.59. The van der Waals surface area contributed by atoms with Crippen molar-refractivity contribution in [1.82, 2.24) is 0 Å². The number of hydrogen-bond donors (Lipinski definition) is 1. The highest BCUT2D eigenvalue weighted by Gasteiger charge is 2.61. The summed E-state index contributed by atoms with van der Waals surface area (Å²) in [5.41, 5.74) is -1.22. The third kappa shape index (κ3) is 3.52. The molecule has 1 aromatic carbocycles. The highest BCUT2D eigenvalue weighted by molar-refractivity contribution is 6.00. The van der Waals surface area contributed by atoms with E-state index in [2.05, 4.69) is 4.74 Å². The summed E-state index contributed by atoms with van der Waals surface area (Å²) in [6.45, 7) is -1.42. The summed E-state index contributed by atoms with van der Waals surface area (Å²) < 4.78 is 34.3. The second-order valence-electron chi connectivity index (χ2n) is 8.78. The maximum atomic E-state index is 13.0. The van der Waals surface area contributed by atoms with Crippen LogP contribution in [0.15, 0.2) is 24.3 Å². The van der Waals surface area contributed by atoms with Gasteiger partial charge in [0.05, 0.1) is 11.0 Å². The van der Waals surface area contributed by atoms with Gasteiger partial charge in [0.2, 0.25) is 5.78 Å². The number of rotatable bonds is 6. The van der Waals surface area contributed by atoms with Gasteiger partial charge in [-0.15, -0.1) is 0 Å². The van der Waals surface area contributed by atoms with E-state index in [9.17, 15) is 23.5 Å². The zero-order valence-electron chi connectivity index (χ0n) is 15.7. The molecule has 5 rings (SSSR count). The Kier molecular flexibility index (Phi) is 4.68. The van der Waals surface area contributed by atoms with Crippen molar-refractivity contribution >= 4 is 11.8 Å². The summed E-state index contributed by atoms with van der Waals surface area (Å²) in [5.74, 6) is -0.170. The quantitative estimate of drug-likeness (QED) is 0.588. The molecule has 5 nitrogen and oxygen atoms in total. The minimum absolute atomic E-state index is 0.0435. The lowest BCUT2D eigenvalue weighted by Gasteiger charge is -2.58. The molecule has 5 atom stereocenters. The molecule has 4 fully saturated rings. The number of ketones is 1. The fraction of sp³-hybridized carbons (Fsp3) is 0.619. The molecule has 0 saturated heterocycles. The van der Waals surface area contributed by atoms with E-state index in [-0.39, 0.29) is 11.3 Å². The number of halogens is 2. The standard InChI is InChI=1S/C21H24F2O5/c1-12(17(24)15-2-4-16(5-3-15)28-19(22)23)27-18(25)20-7-13-6-14(8-20)10-21(26,9-13)11-20/h2-5,12-14,19,26H,6-11H2,1H3/t12-,13-,14+,20?,21?/m1/s1. The monoisotopic (exact) mass is 394 g/mol. The molecule has 7 heteroatoms. The van der Waals surface area contributed by atoms with E-state index in [1.807, 2.05) is 0 Å². The average molecular weight is 394 g/mol. The Bertz CT molecular complexity index is 762. The van der Waals surface area contributed by atoms with E-state index < -0.39 is 35.5 Å². The molecule has 0 aromatic heterocycles. The summed E-state index contributed by atoms with van der Waals surface area (Å²) >= 11 is 0. The van der Waals surface area contributed by atoms with Crippen molar-refractivity contribution < 1.29 is 33.0 Å². The molecule has 0 spiro atoms. The maximum absolute atomic E-state index is 13.0. The van der Waals surface area contributed by atoms with Gasteiger partial charge in [-0.3, -0.25) is 9.59 Å². The fourth-order valence-electron chi connectivity index (χ4n) is 5.83. The van der Waals surface area contributed by atoms with Gasteiger partial charge in [0.1, 0.15) is 5.75 Å². The normalized spacial score (nSPS) is 34.3. The van der Waals surface area contributed by atoms with Crippen molar-refractivity contribution in [3.05, 3.63) is 29.8 Å². The van der Waals surface area contributed by atoms with Gasteiger partial charge in [-0.2, -0.15) is 8.78 Å². The lowest BCUT2D eigenvalue weighted by Crippen LogP contribution is -2.58. The van der Waals surface area contributed by atoms with Crippen molar-refractivity contribution in [2.24, 2.45) is 17.3 Å². The molecule has 4 aliphatic carbocycles. The summed E-state index contributed by atoms with van der Waals surface area (Å²) in [4.78, 5) is 25.6. The predicted octanol–water partition coefficient (Wildman–Crippen LogP) is 3.73. The highest BCUT2D eigenvalue weighted by atomic mass is 19.3. The zero-order chi connectivity index (χ0) is 20.1. The van der Waals surface area contributed by atoms with Gasteiger partial charge in [0, 0.05) is 5.56 Å². The number of carbonyl (C=O) groups excluding carboxylic acids is 2. The van der Waals surface area contributed by atoms with Gasteiger partial charge in [-0.05, 0) is 81.5 Å². The Morgan fingerprint density at radius 3 is 2.25 bits per heavy atom. The molecule has 0 heterocycles. The van der Waals surface area contributed by atoms with Crippen molar-refractivity contribution in [2.45, 2.75) is 63.8 Å². The van der Waals surface area contributed by atoms with Crippen LogP contribution in [0, 0.1) is 17.3 Å². The van der Waals surface area contributed by atoms with Crippen LogP contribution in [0.3, 0.4) is 0 Å². The van der Waals surface area contributed by atoms with Crippen LogP contribution in [0.2, 0.25) is 0 Å². The SMILES string of the molecule is C[C@@H](OC(=O)C12C[C@@H]3C[C@@H](CC(O)(C3)C1)C2)C(=O)c1ccc(OC(F)F)cc1. The Morgan fingerprint density at radius 1 is 1.11 bits per heavy atom. The first-order valence-corrected chi connectivity index (χ1v) is 9.71. The largest absolute Gasteiger partial charge is 0.454 e. The molecule has 4 saturated carbocycles. The predicted molar refractivity (Wildman–Crippen MR) is 95.0 cm³/mol. The van der Waals surface area contributed by atoms with Crippen molar-refractivity contribution in [2.75, 3.05) is 0 Å². The van der Waals surface area contributed by atoms with Crippen LogP contribution in [0.4, 0.5) is 8.78 Å². The molecule has 0 aliphatic heterocycles. The van der Waals surface area contributed by atoms with Gasteiger partial charge in [0.15, 0.2) is 6.10 Å². The summed E-state index contributed by atoms with van der Waals surface area (Å²) in [6.07, 6.45) is 3.40. The second kappa shape index (κ2) is 6.79. The first kappa shape index (κ1) is 19.3. The van der Waals surface area contributed by atoms with Gasteiger partial charge < -0.3 is 14.6 Å². The molecule has 28 heavy (non-hydrogen) atoms. The fourth-order valence-corrected chi connectivity index (χ4v) is 5.83. The van der Waals surface area contributed by atoms with Crippen molar-refractivity contribution in [3.8, 4) is 5.75 Å². The third-order valence-electron chi connectivity index (χ3n) is 6.48. The third-order valence-corrected chi connectivity index (χ3v) is 6.48. The number of esters is 1. The zero-order valence-corrected chi connectivity index (χ0v) is 15.7. The number of benzene rings is 1. The number of aliphatic hydroxyl groups is 1. The van der Waals surface area contributed by atoms with E-state index in [1.54, 1.807) is 0 Å². The lowest BCUT2D eigenvalue weighted by molar-refractivity contribution is -0.197. The van der Waals surface area contributed by atoms with Crippen LogP contribution in [-0.4, -0.2) is 35.2 Å². The van der Waals surface area contributed by atoms with Crippen LogP contribution in [-0.2, 0) is 9.53 Å². The molecular formula is C21H24F2O5. The smallest absolute Gasteiger partial charge is 0.387 e. The van der Waals surface area contributed by atoms with E-state index in [0.717, 1.165) is 19.3 Å². The van der Waals surface area contributed by atoms with Crippen LogP contribution >= 0.6 is 0 Å². The van der Waals surface area contributed by atoms with Gasteiger partial charge in [-0.1, -0.05) is 0 Å². The van der Waals surface area contributed by atoms with Crippen LogP contribution < -0.4 is 4.74 Å². The van der Waals surface area contributed by atoms with Gasteiger partial charge in [0.25, 0.3) is 0 Å². The van der Waals surface area contributed by atoms with Gasteiger partial charge >= 0.3 is 12.6 Å². The Morgan fingerprint density at radius 2 is 1.71 bits per heavy atom. The molecule has 4 bridgehead atoms. The van der Waals surface area contributed by atoms with Crippen molar-refractivity contribution in [3.63, 3.8) is 0 Å². The number of hydrogen-bond acceptors (Lipinski definition) is 5. The first-order valence-electron chi connectivity index (χ1n) is 9.71. The topological polar surface area (TPSA) is 72.8 Å². The van der Waals surface area contributed by atoms with E-state index >= 15 is 0 Å². The molecule has 1 aromatic rings. The van der Waals surface area contributed by atoms with Crippen molar-refractivity contribution in [1.29, 1.82) is 0 Å². The maximum Gasteiger partial charge on any atom is 0.387 e. The molecule has 0 amide bonds. The summed E-state index contributed by atoms with van der Waals surface area (Å²) in [7, 11) is 0. The van der Waals surface area contributed by atoms with Crippen LogP contribution in [0.5, 0.6) is 5.75 Å². The van der Waals surface area contributed by atoms with E-state index in [1.165, 1.54) is 31.2 Å². The molecule has 152 valence electrons. The number of carbonyl (C=O) groups is 2. The van der Waals surface area contributed by atoms with Crippen LogP contribution in [0.1, 0.15) is 55.8 Å². The Hall–Kier alpha value is -2.02. The first-order chi connectivity index (χ1) is 13.2. The Labute approximate surface area is 162 Å². The van der Waals surface area contributed by atoms with Gasteiger partial charge in [-0.25, -0.2) is 0 Å². The summed E-state index contributed by atoms with van der Waals surface area (Å²) in [5, 5.41) is 10.8. The number of alkyl halides is 2. The molecule has 4 aliphatic rings.